The Morgan fingerprint density at radius 2 is 1.92 bits per heavy atom. The van der Waals surface area contributed by atoms with Gasteiger partial charge in [-0.05, 0) is 18.6 Å². The van der Waals surface area contributed by atoms with Crippen LogP contribution in [0.15, 0.2) is 47.6 Å². The van der Waals surface area contributed by atoms with Crippen molar-refractivity contribution in [2.24, 2.45) is 7.05 Å². The molecule has 0 spiro atoms. The minimum Gasteiger partial charge on any atom is -0.274 e. The molecule has 3 rings (SSSR count). The number of pyridine rings is 1. The number of carbonyl (C=O) groups excluding carboxylic acids is 1. The summed E-state index contributed by atoms with van der Waals surface area (Å²) in [6, 6.07) is 8.78. The number of fused-ring (bicyclic) bond motifs is 1. The fraction of sp³-hybridized carbons (Fsp3) is 0.188. The monoisotopic (exact) mass is 344 g/mol. The van der Waals surface area contributed by atoms with Gasteiger partial charge in [0.1, 0.15) is 4.90 Å². The SMILES string of the molecule is Cc1ccc(CC(=O)NS(=O)(=O)c2cnc3c(cnn3C)c2)cc1. The Balaban J connectivity index is 1.78. The number of hydrogen-bond donors (Lipinski definition) is 1. The predicted molar refractivity (Wildman–Crippen MR) is 88.7 cm³/mol. The molecule has 0 aliphatic rings. The zero-order valence-electron chi connectivity index (χ0n) is 13.2. The summed E-state index contributed by atoms with van der Waals surface area (Å²) in [5, 5.41) is 4.60. The van der Waals surface area contributed by atoms with E-state index in [0.29, 0.717) is 11.0 Å². The van der Waals surface area contributed by atoms with Crippen LogP contribution in [0.4, 0.5) is 0 Å². The summed E-state index contributed by atoms with van der Waals surface area (Å²) in [5.74, 6) is -0.592. The van der Waals surface area contributed by atoms with Gasteiger partial charge in [0.05, 0.1) is 12.6 Å². The second-order valence-corrected chi connectivity index (χ2v) is 7.23. The molecule has 124 valence electrons. The molecular formula is C16H16N4O3S. The number of nitrogens with zero attached hydrogens (tertiary/aromatic N) is 3. The maximum atomic E-state index is 12.3. The standard InChI is InChI=1S/C16H16N4O3S/c1-11-3-5-12(6-4-11)7-15(21)19-24(22,23)14-8-13-9-18-20(2)16(13)17-10-14/h3-6,8-10H,7H2,1-2H3,(H,19,21). The summed E-state index contributed by atoms with van der Waals surface area (Å²) in [6.45, 7) is 1.94. The van der Waals surface area contributed by atoms with Crippen molar-refractivity contribution >= 4 is 27.0 Å². The Hall–Kier alpha value is -2.74. The highest BCUT2D eigenvalue weighted by atomic mass is 32.2. The van der Waals surface area contributed by atoms with Crippen molar-refractivity contribution in [3.05, 3.63) is 53.9 Å². The van der Waals surface area contributed by atoms with Gasteiger partial charge in [-0.2, -0.15) is 5.10 Å². The molecule has 0 atom stereocenters. The van der Waals surface area contributed by atoms with Gasteiger partial charge in [-0.3, -0.25) is 9.48 Å². The van der Waals surface area contributed by atoms with Gasteiger partial charge in [0.15, 0.2) is 5.65 Å². The van der Waals surface area contributed by atoms with Crippen molar-refractivity contribution in [3.8, 4) is 0 Å². The summed E-state index contributed by atoms with van der Waals surface area (Å²) in [4.78, 5) is 16.0. The Bertz CT molecular complexity index is 1010. The summed E-state index contributed by atoms with van der Waals surface area (Å²) in [7, 11) is -2.25. The third-order valence-corrected chi connectivity index (χ3v) is 4.93. The van der Waals surface area contributed by atoms with Gasteiger partial charge in [0.25, 0.3) is 10.0 Å². The van der Waals surface area contributed by atoms with E-state index >= 15 is 0 Å². The first-order valence-corrected chi connectivity index (χ1v) is 8.72. The summed E-state index contributed by atoms with van der Waals surface area (Å²) in [6.07, 6.45) is 2.73. The minimum absolute atomic E-state index is 0.0118. The number of carbonyl (C=O) groups is 1. The number of nitrogens with one attached hydrogen (secondary N) is 1. The van der Waals surface area contributed by atoms with E-state index in [1.807, 2.05) is 19.1 Å². The number of amides is 1. The van der Waals surface area contributed by atoms with Gasteiger partial charge >= 0.3 is 0 Å². The van der Waals surface area contributed by atoms with E-state index in [4.69, 9.17) is 0 Å². The van der Waals surface area contributed by atoms with Crippen molar-refractivity contribution in [1.82, 2.24) is 19.5 Å². The second kappa shape index (κ2) is 6.04. The molecule has 0 saturated heterocycles. The van der Waals surface area contributed by atoms with Gasteiger partial charge < -0.3 is 0 Å². The van der Waals surface area contributed by atoms with Crippen LogP contribution in [0.2, 0.25) is 0 Å². The van der Waals surface area contributed by atoms with Gasteiger partial charge in [0.2, 0.25) is 5.91 Å². The molecule has 1 N–H and O–H groups in total. The van der Waals surface area contributed by atoms with Crippen LogP contribution < -0.4 is 4.72 Å². The minimum atomic E-state index is -3.97. The summed E-state index contributed by atoms with van der Waals surface area (Å²) >= 11 is 0. The maximum Gasteiger partial charge on any atom is 0.265 e. The van der Waals surface area contributed by atoms with Crippen LogP contribution in [0.1, 0.15) is 11.1 Å². The topological polar surface area (TPSA) is 93.9 Å². The average molecular weight is 344 g/mol. The van der Waals surface area contributed by atoms with Crippen molar-refractivity contribution < 1.29 is 13.2 Å². The third-order valence-electron chi connectivity index (χ3n) is 3.59. The van der Waals surface area contributed by atoms with Crippen LogP contribution in [-0.2, 0) is 28.3 Å². The quantitative estimate of drug-likeness (QED) is 0.770. The Kier molecular flexibility index (Phi) is 4.06. The van der Waals surface area contributed by atoms with E-state index in [2.05, 4.69) is 14.8 Å². The highest BCUT2D eigenvalue weighted by Gasteiger charge is 2.19. The lowest BCUT2D eigenvalue weighted by Crippen LogP contribution is -2.31. The number of sulfonamides is 1. The molecule has 24 heavy (non-hydrogen) atoms. The van der Waals surface area contributed by atoms with E-state index in [1.165, 1.54) is 18.5 Å². The normalized spacial score (nSPS) is 11.6. The number of benzene rings is 1. The van der Waals surface area contributed by atoms with Crippen LogP contribution in [0.25, 0.3) is 11.0 Å². The average Bonchev–Trinajstić information content (AvgIpc) is 2.90. The van der Waals surface area contributed by atoms with Crippen molar-refractivity contribution in [2.75, 3.05) is 0 Å². The lowest BCUT2D eigenvalue weighted by atomic mass is 10.1. The molecular weight excluding hydrogens is 328 g/mol. The molecule has 0 aliphatic carbocycles. The molecule has 0 radical (unpaired) electrons. The summed E-state index contributed by atoms with van der Waals surface area (Å²) < 4.78 is 28.3. The zero-order valence-corrected chi connectivity index (χ0v) is 14.0. The first kappa shape index (κ1) is 16.1. The number of aryl methyl sites for hydroxylation is 2. The molecule has 2 heterocycles. The first-order valence-electron chi connectivity index (χ1n) is 7.24. The fourth-order valence-electron chi connectivity index (χ4n) is 2.31. The Labute approximate surface area is 139 Å². The molecule has 7 nitrogen and oxygen atoms in total. The maximum absolute atomic E-state index is 12.3. The van der Waals surface area contributed by atoms with E-state index in [9.17, 15) is 13.2 Å². The Morgan fingerprint density at radius 1 is 1.21 bits per heavy atom. The van der Waals surface area contributed by atoms with E-state index < -0.39 is 15.9 Å². The van der Waals surface area contributed by atoms with Gasteiger partial charge in [-0.15, -0.1) is 0 Å². The van der Waals surface area contributed by atoms with E-state index in [1.54, 1.807) is 23.9 Å². The van der Waals surface area contributed by atoms with Crippen LogP contribution in [0, 0.1) is 6.92 Å². The van der Waals surface area contributed by atoms with E-state index in [-0.39, 0.29) is 11.3 Å². The van der Waals surface area contributed by atoms with Crippen LogP contribution in [0.5, 0.6) is 0 Å². The third kappa shape index (κ3) is 3.28. The largest absolute Gasteiger partial charge is 0.274 e. The lowest BCUT2D eigenvalue weighted by molar-refractivity contribution is -0.118. The molecule has 0 unspecified atom stereocenters. The molecule has 0 aliphatic heterocycles. The molecule has 0 saturated carbocycles. The van der Waals surface area contributed by atoms with Crippen LogP contribution in [-0.4, -0.2) is 29.1 Å². The Morgan fingerprint density at radius 3 is 2.62 bits per heavy atom. The number of hydrogen-bond acceptors (Lipinski definition) is 5. The first-order chi connectivity index (χ1) is 11.3. The van der Waals surface area contributed by atoms with Crippen LogP contribution in [0.3, 0.4) is 0 Å². The number of aromatic nitrogens is 3. The smallest absolute Gasteiger partial charge is 0.265 e. The van der Waals surface area contributed by atoms with Gasteiger partial charge in [-0.1, -0.05) is 29.8 Å². The van der Waals surface area contributed by atoms with Crippen molar-refractivity contribution in [1.29, 1.82) is 0 Å². The molecule has 1 amide bonds. The highest BCUT2D eigenvalue weighted by molar-refractivity contribution is 7.90. The molecule has 1 aromatic carbocycles. The van der Waals surface area contributed by atoms with Crippen molar-refractivity contribution in [3.63, 3.8) is 0 Å². The lowest BCUT2D eigenvalue weighted by Gasteiger charge is -2.07. The molecule has 2 aromatic heterocycles. The molecule has 0 bridgehead atoms. The zero-order chi connectivity index (χ0) is 17.3. The number of rotatable bonds is 4. The highest BCUT2D eigenvalue weighted by Crippen LogP contribution is 2.15. The van der Waals surface area contributed by atoms with Gasteiger partial charge in [0, 0.05) is 18.6 Å². The molecule has 8 heteroatoms. The summed E-state index contributed by atoms with van der Waals surface area (Å²) in [5.41, 5.74) is 2.39. The predicted octanol–water partition coefficient (Wildman–Crippen LogP) is 1.32. The van der Waals surface area contributed by atoms with Gasteiger partial charge in [-0.25, -0.2) is 18.1 Å². The van der Waals surface area contributed by atoms with E-state index in [0.717, 1.165) is 11.1 Å². The second-order valence-electron chi connectivity index (χ2n) is 5.54. The van der Waals surface area contributed by atoms with Crippen LogP contribution >= 0.6 is 0 Å². The molecule has 3 aromatic rings. The fourth-order valence-corrected chi connectivity index (χ4v) is 3.27. The van der Waals surface area contributed by atoms with Crippen molar-refractivity contribution in [2.45, 2.75) is 18.2 Å². The molecule has 0 fully saturated rings.